The van der Waals surface area contributed by atoms with Gasteiger partial charge >= 0.3 is 0 Å². The summed E-state index contributed by atoms with van der Waals surface area (Å²) in [6.07, 6.45) is 6.55. The van der Waals surface area contributed by atoms with Crippen molar-refractivity contribution in [3.05, 3.63) is 30.6 Å². The minimum atomic E-state index is 0. The van der Waals surface area contributed by atoms with Gasteiger partial charge in [-0.1, -0.05) is 6.92 Å². The Morgan fingerprint density at radius 2 is 2.04 bits per heavy atom. The molecule has 0 amide bonds. The summed E-state index contributed by atoms with van der Waals surface area (Å²) in [6.45, 7) is 2.74. The summed E-state index contributed by atoms with van der Waals surface area (Å²) >= 11 is 0. The van der Waals surface area contributed by atoms with E-state index in [4.69, 9.17) is 15.2 Å². The molecule has 0 radical (unpaired) electrons. The highest BCUT2D eigenvalue weighted by molar-refractivity contribution is 6.07. The van der Waals surface area contributed by atoms with E-state index in [0.717, 1.165) is 52.6 Å². The molecule has 0 saturated heterocycles. The minimum absolute atomic E-state index is 0. The zero-order valence-electron chi connectivity index (χ0n) is 14.0. The van der Waals surface area contributed by atoms with Gasteiger partial charge in [0.05, 0.1) is 19.2 Å². The molecule has 0 aliphatic heterocycles. The molecule has 1 atom stereocenters. The largest absolute Gasteiger partial charge is 0.493 e. The highest BCUT2D eigenvalue weighted by Crippen LogP contribution is 2.35. The van der Waals surface area contributed by atoms with Gasteiger partial charge in [-0.25, -0.2) is 0 Å². The van der Waals surface area contributed by atoms with Crippen molar-refractivity contribution in [2.24, 2.45) is 5.73 Å². The standard InChI is InChI=1S/C18H23N3O2.ClH/c1-3-12(19)5-4-8-23-18-10-16-13(9-17(18)22-2)14-11-20-7-6-15(14)21-16;/h6-7,9-12,21H,3-5,8,19H2,1-2H3;1H. The number of nitrogens with zero attached hydrogens (tertiary/aromatic N) is 1. The van der Waals surface area contributed by atoms with Crippen LogP contribution in [0.5, 0.6) is 11.5 Å². The van der Waals surface area contributed by atoms with E-state index in [1.807, 2.05) is 24.4 Å². The predicted molar refractivity (Wildman–Crippen MR) is 100 cm³/mol. The lowest BCUT2D eigenvalue weighted by Gasteiger charge is -2.12. The number of hydrogen-bond donors (Lipinski definition) is 2. The molecule has 130 valence electrons. The Bertz CT molecular complexity index is 803. The van der Waals surface area contributed by atoms with Gasteiger partial charge in [0.15, 0.2) is 11.5 Å². The Morgan fingerprint density at radius 3 is 2.79 bits per heavy atom. The highest BCUT2D eigenvalue weighted by Gasteiger charge is 2.11. The molecule has 24 heavy (non-hydrogen) atoms. The van der Waals surface area contributed by atoms with Crippen molar-refractivity contribution in [2.45, 2.75) is 32.2 Å². The summed E-state index contributed by atoms with van der Waals surface area (Å²) < 4.78 is 11.4. The van der Waals surface area contributed by atoms with Crippen LogP contribution in [0.25, 0.3) is 21.8 Å². The number of nitrogens with one attached hydrogen (secondary N) is 1. The second-order valence-electron chi connectivity index (χ2n) is 5.75. The summed E-state index contributed by atoms with van der Waals surface area (Å²) in [4.78, 5) is 7.59. The number of rotatable bonds is 7. The zero-order valence-corrected chi connectivity index (χ0v) is 14.9. The van der Waals surface area contributed by atoms with Crippen LogP contribution in [0.4, 0.5) is 0 Å². The maximum Gasteiger partial charge on any atom is 0.163 e. The van der Waals surface area contributed by atoms with Gasteiger partial charge in [0, 0.05) is 40.8 Å². The number of ether oxygens (including phenoxy) is 2. The maximum absolute atomic E-state index is 5.93. The number of pyridine rings is 1. The molecule has 1 unspecified atom stereocenters. The van der Waals surface area contributed by atoms with Crippen molar-refractivity contribution in [1.82, 2.24) is 9.97 Å². The number of aromatic nitrogens is 2. The van der Waals surface area contributed by atoms with Crippen LogP contribution in [-0.4, -0.2) is 29.7 Å². The van der Waals surface area contributed by atoms with Crippen LogP contribution >= 0.6 is 12.4 Å². The number of fused-ring (bicyclic) bond motifs is 3. The third-order valence-electron chi connectivity index (χ3n) is 4.19. The third kappa shape index (κ3) is 3.74. The molecule has 3 N–H and O–H groups in total. The summed E-state index contributed by atoms with van der Waals surface area (Å²) in [5, 5.41) is 2.17. The quantitative estimate of drug-likeness (QED) is 0.631. The Hall–Kier alpha value is -1.98. The molecule has 3 aromatic rings. The molecule has 0 bridgehead atoms. The van der Waals surface area contributed by atoms with E-state index < -0.39 is 0 Å². The van der Waals surface area contributed by atoms with Gasteiger partial charge in [-0.2, -0.15) is 0 Å². The number of nitrogens with two attached hydrogens (primary N) is 1. The molecule has 5 nitrogen and oxygen atoms in total. The maximum atomic E-state index is 5.93. The lowest BCUT2D eigenvalue weighted by atomic mass is 10.1. The highest BCUT2D eigenvalue weighted by atomic mass is 35.5. The molecule has 0 aliphatic rings. The number of benzene rings is 1. The van der Waals surface area contributed by atoms with Crippen LogP contribution in [0, 0.1) is 0 Å². The van der Waals surface area contributed by atoms with E-state index in [-0.39, 0.29) is 18.4 Å². The summed E-state index contributed by atoms with van der Waals surface area (Å²) in [5.74, 6) is 1.49. The lowest BCUT2D eigenvalue weighted by Crippen LogP contribution is -2.19. The molecule has 0 aliphatic carbocycles. The van der Waals surface area contributed by atoms with Crippen molar-refractivity contribution in [1.29, 1.82) is 0 Å². The molecule has 0 saturated carbocycles. The van der Waals surface area contributed by atoms with Crippen molar-refractivity contribution >= 4 is 34.2 Å². The Morgan fingerprint density at radius 1 is 1.21 bits per heavy atom. The van der Waals surface area contributed by atoms with Crippen molar-refractivity contribution in [3.8, 4) is 11.5 Å². The summed E-state index contributed by atoms with van der Waals surface area (Å²) in [5.41, 5.74) is 8.02. The molecule has 2 aromatic heterocycles. The van der Waals surface area contributed by atoms with Crippen LogP contribution in [0.15, 0.2) is 30.6 Å². The van der Waals surface area contributed by atoms with E-state index in [0.29, 0.717) is 6.61 Å². The summed E-state index contributed by atoms with van der Waals surface area (Å²) in [6, 6.07) is 6.22. The fourth-order valence-corrected chi connectivity index (χ4v) is 2.75. The second-order valence-corrected chi connectivity index (χ2v) is 5.75. The zero-order chi connectivity index (χ0) is 16.2. The average Bonchev–Trinajstić information content (AvgIpc) is 2.95. The van der Waals surface area contributed by atoms with Crippen LogP contribution in [0.3, 0.4) is 0 Å². The average molecular weight is 350 g/mol. The molecule has 0 spiro atoms. The fourth-order valence-electron chi connectivity index (χ4n) is 2.75. The van der Waals surface area contributed by atoms with E-state index in [1.165, 1.54) is 0 Å². The molecule has 1 aromatic carbocycles. The van der Waals surface area contributed by atoms with Gasteiger partial charge in [0.25, 0.3) is 0 Å². The first kappa shape index (κ1) is 18.4. The number of halogens is 1. The monoisotopic (exact) mass is 349 g/mol. The third-order valence-corrected chi connectivity index (χ3v) is 4.19. The first-order valence-corrected chi connectivity index (χ1v) is 8.04. The van der Waals surface area contributed by atoms with Crippen LogP contribution in [0.2, 0.25) is 0 Å². The lowest BCUT2D eigenvalue weighted by molar-refractivity contribution is 0.282. The Balaban J connectivity index is 0.00000208. The van der Waals surface area contributed by atoms with Crippen molar-refractivity contribution in [2.75, 3.05) is 13.7 Å². The minimum Gasteiger partial charge on any atom is -0.493 e. The van der Waals surface area contributed by atoms with Gasteiger partial charge in [0.1, 0.15) is 0 Å². The topological polar surface area (TPSA) is 73.2 Å². The van der Waals surface area contributed by atoms with E-state index in [9.17, 15) is 0 Å². The van der Waals surface area contributed by atoms with Gasteiger partial charge < -0.3 is 20.2 Å². The Kier molecular flexibility index (Phi) is 6.29. The van der Waals surface area contributed by atoms with Gasteiger partial charge in [-0.3, -0.25) is 4.98 Å². The molecular formula is C18H24ClN3O2. The smallest absolute Gasteiger partial charge is 0.163 e. The number of methoxy groups -OCH3 is 1. The molecule has 0 fully saturated rings. The van der Waals surface area contributed by atoms with Crippen LogP contribution < -0.4 is 15.2 Å². The number of hydrogen-bond acceptors (Lipinski definition) is 4. The molecular weight excluding hydrogens is 326 g/mol. The van der Waals surface area contributed by atoms with Gasteiger partial charge in [0.2, 0.25) is 0 Å². The molecule has 2 heterocycles. The van der Waals surface area contributed by atoms with E-state index in [1.54, 1.807) is 13.3 Å². The molecule has 6 heteroatoms. The molecule has 3 rings (SSSR count). The van der Waals surface area contributed by atoms with E-state index in [2.05, 4.69) is 16.9 Å². The predicted octanol–water partition coefficient (Wildman–Crippen LogP) is 4.04. The van der Waals surface area contributed by atoms with Crippen molar-refractivity contribution < 1.29 is 9.47 Å². The SMILES string of the molecule is CCC(N)CCCOc1cc2[nH]c3ccncc3c2cc1OC.Cl. The first-order valence-electron chi connectivity index (χ1n) is 8.04. The first-order chi connectivity index (χ1) is 11.2. The number of aromatic amines is 1. The van der Waals surface area contributed by atoms with Gasteiger partial charge in [-0.15, -0.1) is 12.4 Å². The van der Waals surface area contributed by atoms with Gasteiger partial charge in [-0.05, 0) is 31.4 Å². The second kappa shape index (κ2) is 8.22. The van der Waals surface area contributed by atoms with Crippen LogP contribution in [0.1, 0.15) is 26.2 Å². The summed E-state index contributed by atoms with van der Waals surface area (Å²) in [7, 11) is 1.66. The van der Waals surface area contributed by atoms with Crippen LogP contribution in [-0.2, 0) is 0 Å². The number of H-pyrrole nitrogens is 1. The van der Waals surface area contributed by atoms with E-state index >= 15 is 0 Å². The fraction of sp³-hybridized carbons (Fsp3) is 0.389. The van der Waals surface area contributed by atoms with Crippen molar-refractivity contribution in [3.63, 3.8) is 0 Å². The normalized spacial score (nSPS) is 12.1. The Labute approximate surface area is 147 Å².